The Hall–Kier alpha value is -3.81. The van der Waals surface area contributed by atoms with Gasteiger partial charge >= 0.3 is 0 Å². The standard InChI is InChI=1S/C28H20ClNO6/c1-2-35-16-13-11-15(12-14-16)30-26(33)21-22(27(30)34)28(36-23(21)19-9-5-6-10-20(19)29)24(31)17-7-3-4-8-18(17)25(28)32/h3-14,21-23H,2H2,1H3/t21-,22-,23+/m0/s1. The number of ether oxygens (including phenoxy) is 2. The lowest BCUT2D eigenvalue weighted by Crippen LogP contribution is -2.51. The number of hydrogen-bond acceptors (Lipinski definition) is 6. The van der Waals surface area contributed by atoms with Crippen LogP contribution in [0.5, 0.6) is 5.75 Å². The zero-order chi connectivity index (χ0) is 25.2. The Morgan fingerprint density at radius 2 is 1.47 bits per heavy atom. The van der Waals surface area contributed by atoms with Crippen LogP contribution in [0.25, 0.3) is 0 Å². The molecule has 2 heterocycles. The molecule has 2 aliphatic heterocycles. The number of Topliss-reactive ketones (excluding diaryl/α,β-unsaturated/α-hetero) is 2. The molecule has 2 fully saturated rings. The van der Waals surface area contributed by atoms with Crippen molar-refractivity contribution in [2.45, 2.75) is 18.6 Å². The van der Waals surface area contributed by atoms with Crippen LogP contribution in [0.2, 0.25) is 5.02 Å². The van der Waals surface area contributed by atoms with Crippen LogP contribution in [0.3, 0.4) is 0 Å². The summed E-state index contributed by atoms with van der Waals surface area (Å²) in [5.41, 5.74) is -1.00. The average molecular weight is 502 g/mol. The maximum absolute atomic E-state index is 13.9. The molecular weight excluding hydrogens is 482 g/mol. The smallest absolute Gasteiger partial charge is 0.241 e. The van der Waals surface area contributed by atoms with Gasteiger partial charge in [-0.05, 0) is 37.3 Å². The van der Waals surface area contributed by atoms with Gasteiger partial charge in [-0.2, -0.15) is 0 Å². The minimum atomic E-state index is -2.13. The first kappa shape index (κ1) is 22.6. The minimum Gasteiger partial charge on any atom is -0.494 e. The van der Waals surface area contributed by atoms with E-state index in [-0.39, 0.29) is 11.1 Å². The number of fused-ring (bicyclic) bond motifs is 3. The lowest BCUT2D eigenvalue weighted by atomic mass is 9.77. The number of rotatable bonds is 4. The van der Waals surface area contributed by atoms with Crippen LogP contribution >= 0.6 is 11.6 Å². The van der Waals surface area contributed by atoms with Gasteiger partial charge in [0, 0.05) is 21.7 Å². The van der Waals surface area contributed by atoms with E-state index >= 15 is 0 Å². The quantitative estimate of drug-likeness (QED) is 0.388. The largest absolute Gasteiger partial charge is 0.494 e. The molecule has 0 unspecified atom stereocenters. The van der Waals surface area contributed by atoms with Gasteiger partial charge in [-0.25, -0.2) is 4.90 Å². The Bertz CT molecular complexity index is 1410. The Labute approximate surface area is 211 Å². The first-order chi connectivity index (χ1) is 17.4. The van der Waals surface area contributed by atoms with Gasteiger partial charge in [0.15, 0.2) is 0 Å². The second-order valence-corrected chi connectivity index (χ2v) is 9.35. The van der Waals surface area contributed by atoms with Crippen molar-refractivity contribution in [2.24, 2.45) is 11.8 Å². The lowest BCUT2D eigenvalue weighted by molar-refractivity contribution is -0.127. The molecule has 6 rings (SSSR count). The molecule has 0 aromatic heterocycles. The van der Waals surface area contributed by atoms with E-state index in [0.29, 0.717) is 28.6 Å². The van der Waals surface area contributed by atoms with E-state index in [4.69, 9.17) is 21.1 Å². The van der Waals surface area contributed by atoms with Gasteiger partial charge in [0.1, 0.15) is 5.75 Å². The Morgan fingerprint density at radius 1 is 0.861 bits per heavy atom. The minimum absolute atomic E-state index is 0.181. The number of nitrogens with zero attached hydrogens (tertiary/aromatic N) is 1. The summed E-state index contributed by atoms with van der Waals surface area (Å²) in [4.78, 5) is 56.4. The SMILES string of the molecule is CCOc1ccc(N2C(=O)[C@@H]3[C@@H](c4ccccc4Cl)OC4(C(=O)c5ccccc5C4=O)[C@@H]3C2=O)cc1. The van der Waals surface area contributed by atoms with Gasteiger partial charge in [-0.15, -0.1) is 0 Å². The number of ketones is 2. The zero-order valence-corrected chi connectivity index (χ0v) is 19.9. The molecule has 0 bridgehead atoms. The molecule has 8 heteroatoms. The van der Waals surface area contributed by atoms with Crippen molar-refractivity contribution < 1.29 is 28.7 Å². The first-order valence-corrected chi connectivity index (χ1v) is 12.0. The molecule has 36 heavy (non-hydrogen) atoms. The van der Waals surface area contributed by atoms with Gasteiger partial charge in [-0.3, -0.25) is 19.2 Å². The summed E-state index contributed by atoms with van der Waals surface area (Å²) in [6, 6.07) is 19.7. The molecular formula is C28H20ClNO6. The summed E-state index contributed by atoms with van der Waals surface area (Å²) in [5.74, 6) is -4.27. The number of imide groups is 1. The van der Waals surface area contributed by atoms with E-state index in [2.05, 4.69) is 0 Å². The number of amides is 2. The van der Waals surface area contributed by atoms with Crippen molar-refractivity contribution in [1.29, 1.82) is 0 Å². The van der Waals surface area contributed by atoms with E-state index < -0.39 is 46.9 Å². The third-order valence-electron chi connectivity index (χ3n) is 7.14. The van der Waals surface area contributed by atoms with Gasteiger partial charge in [0.05, 0.1) is 30.2 Å². The molecule has 0 N–H and O–H groups in total. The van der Waals surface area contributed by atoms with Gasteiger partial charge < -0.3 is 9.47 Å². The van der Waals surface area contributed by atoms with E-state index in [1.54, 1.807) is 60.7 Å². The van der Waals surface area contributed by atoms with E-state index in [1.165, 1.54) is 12.1 Å². The molecule has 1 aliphatic carbocycles. The number of hydrogen-bond donors (Lipinski definition) is 0. The highest BCUT2D eigenvalue weighted by Gasteiger charge is 2.74. The van der Waals surface area contributed by atoms with Crippen molar-refractivity contribution in [1.82, 2.24) is 0 Å². The predicted octanol–water partition coefficient (Wildman–Crippen LogP) is 4.43. The van der Waals surface area contributed by atoms with Gasteiger partial charge in [-0.1, -0.05) is 54.1 Å². The molecule has 0 radical (unpaired) electrons. The van der Waals surface area contributed by atoms with Gasteiger partial charge in [0.25, 0.3) is 0 Å². The molecule has 1 spiro atoms. The Morgan fingerprint density at radius 3 is 2.08 bits per heavy atom. The highest BCUT2D eigenvalue weighted by atomic mass is 35.5. The number of benzene rings is 3. The fourth-order valence-electron chi connectivity index (χ4n) is 5.62. The fourth-order valence-corrected chi connectivity index (χ4v) is 5.86. The second-order valence-electron chi connectivity index (χ2n) is 8.94. The van der Waals surface area contributed by atoms with Gasteiger partial charge in [0.2, 0.25) is 29.0 Å². The molecule has 3 aromatic carbocycles. The van der Waals surface area contributed by atoms with Crippen LogP contribution < -0.4 is 9.64 Å². The van der Waals surface area contributed by atoms with Crippen LogP contribution in [0.4, 0.5) is 5.69 Å². The first-order valence-electron chi connectivity index (χ1n) is 11.6. The molecule has 2 amide bonds. The van der Waals surface area contributed by atoms with Crippen LogP contribution in [-0.4, -0.2) is 35.6 Å². The van der Waals surface area contributed by atoms with Crippen molar-refractivity contribution in [2.75, 3.05) is 11.5 Å². The lowest BCUT2D eigenvalue weighted by Gasteiger charge is -2.27. The maximum Gasteiger partial charge on any atom is 0.241 e. The molecule has 7 nitrogen and oxygen atoms in total. The monoisotopic (exact) mass is 501 g/mol. The Balaban J connectivity index is 1.51. The third kappa shape index (κ3) is 2.90. The second kappa shape index (κ2) is 8.11. The van der Waals surface area contributed by atoms with Crippen molar-refractivity contribution in [3.63, 3.8) is 0 Å². The predicted molar refractivity (Wildman–Crippen MR) is 130 cm³/mol. The van der Waals surface area contributed by atoms with Crippen molar-refractivity contribution in [3.05, 3.63) is 94.5 Å². The molecule has 0 saturated carbocycles. The third-order valence-corrected chi connectivity index (χ3v) is 7.48. The average Bonchev–Trinajstić information content (AvgIpc) is 3.45. The van der Waals surface area contributed by atoms with Crippen LogP contribution in [0.1, 0.15) is 39.3 Å². The summed E-state index contributed by atoms with van der Waals surface area (Å²) in [5, 5.41) is 0.313. The van der Waals surface area contributed by atoms with Crippen molar-refractivity contribution in [3.8, 4) is 5.75 Å². The number of anilines is 1. The normalized spacial score (nSPS) is 23.9. The number of carbonyl (C=O) groups excluding carboxylic acids is 4. The van der Waals surface area contributed by atoms with Crippen LogP contribution in [0, 0.1) is 11.8 Å². The zero-order valence-electron chi connectivity index (χ0n) is 19.1. The number of halogens is 1. The summed E-state index contributed by atoms with van der Waals surface area (Å²) < 4.78 is 11.7. The molecule has 3 atom stereocenters. The van der Waals surface area contributed by atoms with Crippen LogP contribution in [-0.2, 0) is 14.3 Å². The van der Waals surface area contributed by atoms with E-state index in [9.17, 15) is 19.2 Å². The molecule has 2 saturated heterocycles. The maximum atomic E-state index is 13.9. The highest BCUT2D eigenvalue weighted by Crippen LogP contribution is 2.58. The Kier molecular flexibility index (Phi) is 5.10. The highest BCUT2D eigenvalue weighted by molar-refractivity contribution is 6.37. The number of carbonyl (C=O) groups is 4. The molecule has 180 valence electrons. The summed E-state index contributed by atoms with van der Waals surface area (Å²) in [6.07, 6.45) is -1.06. The summed E-state index contributed by atoms with van der Waals surface area (Å²) >= 11 is 6.46. The summed E-state index contributed by atoms with van der Waals surface area (Å²) in [7, 11) is 0. The van der Waals surface area contributed by atoms with Crippen LogP contribution in [0.15, 0.2) is 72.8 Å². The topological polar surface area (TPSA) is 90.0 Å². The van der Waals surface area contributed by atoms with Crippen molar-refractivity contribution >= 4 is 40.7 Å². The fraction of sp³-hybridized carbons (Fsp3) is 0.214. The summed E-state index contributed by atoms with van der Waals surface area (Å²) in [6.45, 7) is 2.32. The molecule has 3 aliphatic rings. The van der Waals surface area contributed by atoms with E-state index in [0.717, 1.165) is 4.90 Å². The molecule has 3 aromatic rings. The van der Waals surface area contributed by atoms with E-state index in [1.807, 2.05) is 6.92 Å².